The van der Waals surface area contributed by atoms with E-state index in [1.807, 2.05) is 41.1 Å². The molecule has 2 atom stereocenters. The summed E-state index contributed by atoms with van der Waals surface area (Å²) in [6, 6.07) is 9.41. The fraction of sp³-hybridized carbons (Fsp3) is 0.312. The van der Waals surface area contributed by atoms with Gasteiger partial charge in [-0.2, -0.15) is 11.3 Å². The Morgan fingerprint density at radius 3 is 2.59 bits per heavy atom. The zero-order valence-electron chi connectivity index (χ0n) is 12.2. The van der Waals surface area contributed by atoms with Crippen molar-refractivity contribution in [1.82, 2.24) is 5.32 Å². The largest absolute Gasteiger partial charge is 0.348 e. The fourth-order valence-electron chi connectivity index (χ4n) is 2.71. The van der Waals surface area contributed by atoms with Crippen LogP contribution in [0.25, 0.3) is 11.1 Å². The molecule has 3 rings (SSSR count). The summed E-state index contributed by atoms with van der Waals surface area (Å²) in [6.45, 7) is 1.67. The Bertz CT molecular complexity index is 781. The number of benzene rings is 1. The minimum atomic E-state index is -3.06. The maximum Gasteiger partial charge on any atom is 0.253 e. The van der Waals surface area contributed by atoms with Crippen molar-refractivity contribution in [3.8, 4) is 11.1 Å². The van der Waals surface area contributed by atoms with Crippen molar-refractivity contribution in [1.29, 1.82) is 0 Å². The topological polar surface area (TPSA) is 63.2 Å². The van der Waals surface area contributed by atoms with Crippen LogP contribution in [0, 0.1) is 0 Å². The van der Waals surface area contributed by atoms with Crippen LogP contribution in [-0.4, -0.2) is 31.4 Å². The number of carbonyl (C=O) groups is 1. The minimum absolute atomic E-state index is 0.147. The first-order valence-electron chi connectivity index (χ1n) is 7.13. The fourth-order valence-corrected chi connectivity index (χ4v) is 5.21. The van der Waals surface area contributed by atoms with E-state index in [4.69, 9.17) is 0 Å². The number of rotatable bonds is 3. The first-order valence-corrected chi connectivity index (χ1v) is 9.79. The summed E-state index contributed by atoms with van der Waals surface area (Å²) < 4.78 is 23.6. The zero-order valence-corrected chi connectivity index (χ0v) is 13.8. The summed E-state index contributed by atoms with van der Waals surface area (Å²) in [4.78, 5) is 12.5. The van der Waals surface area contributed by atoms with E-state index >= 15 is 0 Å². The molecule has 1 aliphatic heterocycles. The molecule has 0 unspecified atom stereocenters. The smallest absolute Gasteiger partial charge is 0.253 e. The molecule has 0 bridgehead atoms. The second-order valence-corrected chi connectivity index (χ2v) is 8.73. The van der Waals surface area contributed by atoms with Crippen LogP contribution in [0.2, 0.25) is 0 Å². The monoisotopic (exact) mass is 335 g/mol. The zero-order chi connectivity index (χ0) is 15.7. The lowest BCUT2D eigenvalue weighted by Crippen LogP contribution is -2.40. The normalized spacial score (nSPS) is 23.3. The van der Waals surface area contributed by atoms with Gasteiger partial charge >= 0.3 is 0 Å². The molecular formula is C16H17NO3S2. The lowest BCUT2D eigenvalue weighted by Gasteiger charge is -2.16. The van der Waals surface area contributed by atoms with Crippen molar-refractivity contribution < 1.29 is 13.2 Å². The molecule has 1 aliphatic rings. The highest BCUT2D eigenvalue weighted by atomic mass is 32.2. The van der Waals surface area contributed by atoms with E-state index in [0.29, 0.717) is 12.0 Å². The molecule has 2 aromatic rings. The molecule has 1 N–H and O–H groups in total. The van der Waals surface area contributed by atoms with Crippen LogP contribution in [0.5, 0.6) is 0 Å². The summed E-state index contributed by atoms with van der Waals surface area (Å²) in [5.41, 5.74) is 2.48. The summed E-state index contributed by atoms with van der Waals surface area (Å²) >= 11 is 1.47. The van der Waals surface area contributed by atoms with Gasteiger partial charge in [-0.1, -0.05) is 30.3 Å². The summed E-state index contributed by atoms with van der Waals surface area (Å²) in [7, 11) is -3.06. The molecule has 1 fully saturated rings. The third-order valence-corrected chi connectivity index (χ3v) is 7.16. The molecule has 116 valence electrons. The second kappa shape index (κ2) is 5.85. The van der Waals surface area contributed by atoms with E-state index in [2.05, 4.69) is 5.32 Å². The van der Waals surface area contributed by atoms with Crippen LogP contribution in [0.4, 0.5) is 0 Å². The highest BCUT2D eigenvalue weighted by Crippen LogP contribution is 2.28. The Labute approximate surface area is 134 Å². The summed E-state index contributed by atoms with van der Waals surface area (Å²) in [6.07, 6.45) is 0.486. The molecule has 1 aromatic heterocycles. The van der Waals surface area contributed by atoms with E-state index in [-0.39, 0.29) is 17.7 Å². The van der Waals surface area contributed by atoms with E-state index < -0.39 is 15.1 Å². The van der Waals surface area contributed by atoms with Gasteiger partial charge in [0.15, 0.2) is 9.84 Å². The van der Waals surface area contributed by atoms with Gasteiger partial charge in [-0.05, 0) is 24.3 Å². The second-order valence-electron chi connectivity index (χ2n) is 5.51. The van der Waals surface area contributed by atoms with Gasteiger partial charge in [0, 0.05) is 17.0 Å². The lowest BCUT2D eigenvalue weighted by molar-refractivity contribution is 0.0938. The highest BCUT2D eigenvalue weighted by molar-refractivity contribution is 7.92. The van der Waals surface area contributed by atoms with E-state index in [9.17, 15) is 13.2 Å². The Morgan fingerprint density at radius 2 is 1.95 bits per heavy atom. The molecule has 0 spiro atoms. The molecule has 0 aliphatic carbocycles. The van der Waals surface area contributed by atoms with Gasteiger partial charge in [-0.25, -0.2) is 8.42 Å². The van der Waals surface area contributed by atoms with Gasteiger partial charge < -0.3 is 5.32 Å². The van der Waals surface area contributed by atoms with Crippen LogP contribution < -0.4 is 5.32 Å². The molecule has 22 heavy (non-hydrogen) atoms. The minimum Gasteiger partial charge on any atom is -0.348 e. The highest BCUT2D eigenvalue weighted by Gasteiger charge is 2.37. The maximum absolute atomic E-state index is 12.5. The molecule has 1 aromatic carbocycles. The van der Waals surface area contributed by atoms with Gasteiger partial charge in [-0.15, -0.1) is 0 Å². The number of hydrogen-bond donors (Lipinski definition) is 1. The van der Waals surface area contributed by atoms with Crippen LogP contribution in [-0.2, 0) is 9.84 Å². The quantitative estimate of drug-likeness (QED) is 0.938. The number of nitrogens with one attached hydrogen (secondary N) is 1. The maximum atomic E-state index is 12.5. The Kier molecular flexibility index (Phi) is 4.06. The van der Waals surface area contributed by atoms with E-state index in [0.717, 1.165) is 11.1 Å². The molecule has 6 heteroatoms. The lowest BCUT2D eigenvalue weighted by atomic mass is 10.0. The number of amides is 1. The number of carbonyl (C=O) groups excluding carboxylic acids is 1. The van der Waals surface area contributed by atoms with Gasteiger partial charge in [0.05, 0.1) is 16.6 Å². The number of hydrogen-bond acceptors (Lipinski definition) is 4. The van der Waals surface area contributed by atoms with Crippen LogP contribution in [0.3, 0.4) is 0 Å². The van der Waals surface area contributed by atoms with Crippen molar-refractivity contribution in [3.63, 3.8) is 0 Å². The number of sulfone groups is 1. The predicted octanol–water partition coefficient (Wildman–Crippen LogP) is 2.72. The van der Waals surface area contributed by atoms with Crippen LogP contribution in [0.15, 0.2) is 41.1 Å². The van der Waals surface area contributed by atoms with Crippen molar-refractivity contribution in [2.45, 2.75) is 24.6 Å². The first kappa shape index (κ1) is 15.2. The molecule has 4 nitrogen and oxygen atoms in total. The SMILES string of the molecule is C[C@H]1[C@@H](NC(=O)c2cscc2-c2ccccc2)CCS1(=O)=O. The van der Waals surface area contributed by atoms with Gasteiger partial charge in [0.1, 0.15) is 0 Å². The average Bonchev–Trinajstić information content (AvgIpc) is 3.09. The molecule has 2 heterocycles. The van der Waals surface area contributed by atoms with Gasteiger partial charge in [0.2, 0.25) is 0 Å². The van der Waals surface area contributed by atoms with Gasteiger partial charge in [-0.3, -0.25) is 4.79 Å². The standard InChI is InChI=1S/C16H17NO3S2/c1-11-15(7-8-22(11,19)20)17-16(18)14-10-21-9-13(14)12-5-3-2-4-6-12/h2-6,9-11,15H,7-8H2,1H3,(H,17,18)/t11-,15-/m0/s1. The van der Waals surface area contributed by atoms with Crippen molar-refractivity contribution >= 4 is 27.1 Å². The third-order valence-electron chi connectivity index (χ3n) is 4.15. The van der Waals surface area contributed by atoms with E-state index in [1.165, 1.54) is 11.3 Å². The Balaban J connectivity index is 1.82. The third kappa shape index (κ3) is 2.80. The molecular weight excluding hydrogens is 318 g/mol. The van der Waals surface area contributed by atoms with Crippen molar-refractivity contribution in [2.24, 2.45) is 0 Å². The summed E-state index contributed by atoms with van der Waals surface area (Å²) in [5.74, 6) is -0.0528. The van der Waals surface area contributed by atoms with E-state index in [1.54, 1.807) is 6.92 Å². The Hall–Kier alpha value is -1.66. The van der Waals surface area contributed by atoms with Crippen molar-refractivity contribution in [2.75, 3.05) is 5.75 Å². The van der Waals surface area contributed by atoms with Crippen LogP contribution >= 0.6 is 11.3 Å². The summed E-state index contributed by atoms with van der Waals surface area (Å²) in [5, 5.41) is 6.12. The average molecular weight is 335 g/mol. The Morgan fingerprint density at radius 1 is 1.23 bits per heavy atom. The van der Waals surface area contributed by atoms with Crippen molar-refractivity contribution in [3.05, 3.63) is 46.7 Å². The predicted molar refractivity (Wildman–Crippen MR) is 88.9 cm³/mol. The molecule has 1 amide bonds. The molecule has 1 saturated heterocycles. The molecule has 0 radical (unpaired) electrons. The molecule has 0 saturated carbocycles. The van der Waals surface area contributed by atoms with Crippen LogP contribution in [0.1, 0.15) is 23.7 Å². The first-order chi connectivity index (χ1) is 10.5. The van der Waals surface area contributed by atoms with Gasteiger partial charge in [0.25, 0.3) is 5.91 Å². The number of thiophene rings is 1.